The number of aryl methyl sites for hydroxylation is 2. The van der Waals surface area contributed by atoms with Crippen LogP contribution in [0.1, 0.15) is 26.5 Å². The number of carbonyl (C=O) groups is 1. The molecule has 1 aliphatic carbocycles. The van der Waals surface area contributed by atoms with Gasteiger partial charge in [-0.1, -0.05) is 11.3 Å². The Morgan fingerprint density at radius 2 is 2.25 bits per heavy atom. The minimum Gasteiger partial charge on any atom is -0.444 e. The average molecular weight is 357 g/mol. The molecule has 3 aromatic rings. The van der Waals surface area contributed by atoms with Crippen LogP contribution in [-0.4, -0.2) is 22.3 Å². The lowest BCUT2D eigenvalue weighted by molar-refractivity contribution is 0.0966. The number of carbonyl (C=O) groups excluding carboxylic acids is 1. The summed E-state index contributed by atoms with van der Waals surface area (Å²) in [5.74, 6) is 0.642. The highest BCUT2D eigenvalue weighted by Gasteiger charge is 2.30. The van der Waals surface area contributed by atoms with E-state index in [9.17, 15) is 4.79 Å². The molecule has 0 saturated heterocycles. The number of pyridine rings is 1. The van der Waals surface area contributed by atoms with E-state index in [0.29, 0.717) is 5.75 Å². The lowest BCUT2D eigenvalue weighted by Crippen LogP contribution is -2.18. The van der Waals surface area contributed by atoms with Crippen molar-refractivity contribution in [2.24, 2.45) is 0 Å². The highest BCUT2D eigenvalue weighted by atomic mass is 32.1. The lowest BCUT2D eigenvalue weighted by atomic mass is 9.93. The number of fused-ring (bicyclic) bond motifs is 3. The number of aromatic nitrogens is 2. The molecule has 0 saturated carbocycles. The first kappa shape index (κ1) is 15.3. The van der Waals surface area contributed by atoms with Crippen LogP contribution < -0.4 is 10.1 Å². The van der Waals surface area contributed by atoms with Gasteiger partial charge in [0.25, 0.3) is 5.91 Å². The second-order valence-corrected chi connectivity index (χ2v) is 7.31. The van der Waals surface area contributed by atoms with Crippen molar-refractivity contribution in [3.63, 3.8) is 0 Å². The molecule has 5 nitrogen and oxygen atoms in total. The number of hydrogen-bond acceptors (Lipinski definition) is 6. The Morgan fingerprint density at radius 1 is 1.38 bits per heavy atom. The van der Waals surface area contributed by atoms with Crippen molar-refractivity contribution in [2.75, 3.05) is 7.05 Å². The Labute approximate surface area is 147 Å². The molecule has 0 spiro atoms. The number of ether oxygens (including phenoxy) is 1. The summed E-state index contributed by atoms with van der Waals surface area (Å²) in [7, 11) is 1.65. The van der Waals surface area contributed by atoms with Gasteiger partial charge in [-0.05, 0) is 54.6 Å². The quantitative estimate of drug-likeness (QED) is 0.774. The highest BCUT2D eigenvalue weighted by Crippen LogP contribution is 2.50. The molecule has 4 rings (SSSR count). The molecule has 24 heavy (non-hydrogen) atoms. The molecule has 3 aromatic heterocycles. The largest absolute Gasteiger partial charge is 0.444 e. The summed E-state index contributed by atoms with van der Waals surface area (Å²) in [4.78, 5) is 18.4. The summed E-state index contributed by atoms with van der Waals surface area (Å²) in [6, 6.07) is 3.74. The van der Waals surface area contributed by atoms with Gasteiger partial charge in [-0.3, -0.25) is 9.78 Å². The Bertz CT molecular complexity index is 930. The predicted molar refractivity (Wildman–Crippen MR) is 95.3 cm³/mol. The molecule has 122 valence electrons. The fourth-order valence-electron chi connectivity index (χ4n) is 2.86. The Morgan fingerprint density at radius 3 is 3.04 bits per heavy atom. The maximum absolute atomic E-state index is 12.3. The van der Waals surface area contributed by atoms with Gasteiger partial charge in [0.2, 0.25) is 0 Å². The SMILES string of the molecule is CNC(=O)c1sc(Oc2cccnc2C)c2c1CCc1cnsc1-2. The van der Waals surface area contributed by atoms with E-state index in [1.165, 1.54) is 28.4 Å². The minimum absolute atomic E-state index is 0.0676. The van der Waals surface area contributed by atoms with Crippen molar-refractivity contribution in [1.29, 1.82) is 0 Å². The zero-order chi connectivity index (χ0) is 16.7. The molecule has 0 radical (unpaired) electrons. The van der Waals surface area contributed by atoms with E-state index in [0.717, 1.165) is 44.5 Å². The van der Waals surface area contributed by atoms with Crippen molar-refractivity contribution >= 4 is 28.8 Å². The third kappa shape index (κ3) is 2.40. The molecule has 0 fully saturated rings. The third-order valence-corrected chi connectivity index (χ3v) is 6.05. The molecule has 0 atom stereocenters. The van der Waals surface area contributed by atoms with Crippen LogP contribution in [0, 0.1) is 6.92 Å². The van der Waals surface area contributed by atoms with Gasteiger partial charge in [0, 0.05) is 19.4 Å². The van der Waals surface area contributed by atoms with E-state index in [2.05, 4.69) is 14.7 Å². The van der Waals surface area contributed by atoms with Crippen molar-refractivity contribution in [2.45, 2.75) is 19.8 Å². The number of amides is 1. The molecule has 3 heterocycles. The van der Waals surface area contributed by atoms with Gasteiger partial charge in [0.05, 0.1) is 21.0 Å². The maximum Gasteiger partial charge on any atom is 0.261 e. The monoisotopic (exact) mass is 357 g/mol. The van der Waals surface area contributed by atoms with Gasteiger partial charge < -0.3 is 10.1 Å². The van der Waals surface area contributed by atoms with Crippen molar-refractivity contribution < 1.29 is 9.53 Å². The van der Waals surface area contributed by atoms with E-state index in [1.54, 1.807) is 13.2 Å². The van der Waals surface area contributed by atoms with Crippen LogP contribution >= 0.6 is 22.9 Å². The van der Waals surface area contributed by atoms with Crippen LogP contribution in [0.3, 0.4) is 0 Å². The van der Waals surface area contributed by atoms with E-state index in [-0.39, 0.29) is 5.91 Å². The van der Waals surface area contributed by atoms with Crippen LogP contribution in [0.25, 0.3) is 10.4 Å². The average Bonchev–Trinajstić information content (AvgIpc) is 3.20. The van der Waals surface area contributed by atoms with E-state index in [1.807, 2.05) is 25.3 Å². The first-order chi connectivity index (χ1) is 11.7. The van der Waals surface area contributed by atoms with E-state index < -0.39 is 0 Å². The predicted octanol–water partition coefficient (Wildman–Crippen LogP) is 3.83. The van der Waals surface area contributed by atoms with Crippen LogP contribution in [0.5, 0.6) is 10.8 Å². The van der Waals surface area contributed by atoms with Crippen molar-refractivity contribution in [3.05, 3.63) is 46.2 Å². The molecule has 7 heteroatoms. The lowest BCUT2D eigenvalue weighted by Gasteiger charge is -2.14. The van der Waals surface area contributed by atoms with Crippen LogP contribution in [0.15, 0.2) is 24.5 Å². The molecular weight excluding hydrogens is 342 g/mol. The Hall–Kier alpha value is -2.25. The normalized spacial score (nSPS) is 12.4. The fourth-order valence-corrected chi connectivity index (χ4v) is 4.96. The number of nitrogens with zero attached hydrogens (tertiary/aromatic N) is 2. The first-order valence-electron chi connectivity index (χ1n) is 7.60. The zero-order valence-corrected chi connectivity index (χ0v) is 14.9. The summed E-state index contributed by atoms with van der Waals surface area (Å²) < 4.78 is 10.5. The summed E-state index contributed by atoms with van der Waals surface area (Å²) in [6.07, 6.45) is 5.39. The molecule has 1 N–H and O–H groups in total. The van der Waals surface area contributed by atoms with Crippen molar-refractivity contribution in [3.8, 4) is 21.3 Å². The smallest absolute Gasteiger partial charge is 0.261 e. The Balaban J connectivity index is 1.87. The van der Waals surface area contributed by atoms with E-state index in [4.69, 9.17) is 4.74 Å². The first-order valence-corrected chi connectivity index (χ1v) is 9.19. The van der Waals surface area contributed by atoms with Gasteiger partial charge in [-0.25, -0.2) is 4.37 Å². The minimum atomic E-state index is -0.0676. The van der Waals surface area contributed by atoms with Gasteiger partial charge in [0.15, 0.2) is 5.06 Å². The number of thiophene rings is 1. The summed E-state index contributed by atoms with van der Waals surface area (Å²) in [5, 5.41) is 3.47. The number of rotatable bonds is 3. The zero-order valence-electron chi connectivity index (χ0n) is 13.3. The molecular formula is C17H15N3O2S2. The molecule has 0 aliphatic heterocycles. The second-order valence-electron chi connectivity index (χ2n) is 5.52. The van der Waals surface area contributed by atoms with Crippen molar-refractivity contribution in [1.82, 2.24) is 14.7 Å². The molecule has 0 unspecified atom stereocenters. The van der Waals surface area contributed by atoms with Gasteiger partial charge in [0.1, 0.15) is 5.75 Å². The van der Waals surface area contributed by atoms with E-state index >= 15 is 0 Å². The number of hydrogen-bond donors (Lipinski definition) is 1. The van der Waals surface area contributed by atoms with Crippen LogP contribution in [0.2, 0.25) is 0 Å². The fraction of sp³-hybridized carbons (Fsp3) is 0.235. The maximum atomic E-state index is 12.3. The van der Waals surface area contributed by atoms with Gasteiger partial charge >= 0.3 is 0 Å². The molecule has 1 aliphatic rings. The topological polar surface area (TPSA) is 64.1 Å². The molecule has 0 bridgehead atoms. The summed E-state index contributed by atoms with van der Waals surface area (Å²) in [6.45, 7) is 1.91. The van der Waals surface area contributed by atoms with Crippen LogP contribution in [-0.2, 0) is 12.8 Å². The standard InChI is InChI=1S/C17H15N3O2S2/c1-9-12(4-3-7-19-9)22-17-13-11(15(23-17)16(21)18-2)6-5-10-8-20-24-14(10)13/h3-4,7-8H,5-6H2,1-2H3,(H,18,21). The summed E-state index contributed by atoms with van der Waals surface area (Å²) >= 11 is 2.85. The number of nitrogens with one attached hydrogen (secondary N) is 1. The van der Waals surface area contributed by atoms with Crippen LogP contribution in [0.4, 0.5) is 0 Å². The third-order valence-electron chi connectivity index (χ3n) is 4.08. The highest BCUT2D eigenvalue weighted by molar-refractivity contribution is 7.17. The second kappa shape index (κ2) is 5.99. The van der Waals surface area contributed by atoms with Gasteiger partial charge in [-0.2, -0.15) is 0 Å². The van der Waals surface area contributed by atoms with Gasteiger partial charge in [-0.15, -0.1) is 0 Å². The molecule has 1 amide bonds. The summed E-state index contributed by atoms with van der Waals surface area (Å²) in [5.41, 5.74) is 4.13. The molecule has 0 aromatic carbocycles. The Kier molecular flexibility index (Phi) is 3.82.